The highest BCUT2D eigenvalue weighted by Crippen LogP contribution is 2.63. The first-order valence-electron chi connectivity index (χ1n) is 8.10. The van der Waals surface area contributed by atoms with E-state index in [1.165, 1.54) is 38.5 Å². The summed E-state index contributed by atoms with van der Waals surface area (Å²) >= 11 is 0. The third kappa shape index (κ3) is 1.69. The quantitative estimate of drug-likeness (QED) is 0.658. The Labute approximate surface area is 113 Å². The molecule has 18 heavy (non-hydrogen) atoms. The first-order chi connectivity index (χ1) is 8.49. The second-order valence-electron chi connectivity index (χ2n) is 8.04. The van der Waals surface area contributed by atoms with Crippen LogP contribution in [0.25, 0.3) is 0 Å². The van der Waals surface area contributed by atoms with Crippen LogP contribution in [0.3, 0.4) is 0 Å². The Hall–Kier alpha value is -0.0400. The van der Waals surface area contributed by atoms with Crippen LogP contribution < -0.4 is 0 Å². The molecule has 0 aromatic carbocycles. The van der Waals surface area contributed by atoms with Crippen LogP contribution in [0.2, 0.25) is 0 Å². The zero-order valence-corrected chi connectivity index (χ0v) is 12.7. The van der Waals surface area contributed by atoms with Gasteiger partial charge in [-0.2, -0.15) is 0 Å². The van der Waals surface area contributed by atoms with Crippen molar-refractivity contribution < 1.29 is 4.74 Å². The molecule has 0 aromatic rings. The van der Waals surface area contributed by atoms with Gasteiger partial charge in [0.15, 0.2) is 0 Å². The summed E-state index contributed by atoms with van der Waals surface area (Å²) in [5.74, 6) is 2.64. The van der Waals surface area contributed by atoms with Gasteiger partial charge >= 0.3 is 0 Å². The molecule has 2 aliphatic carbocycles. The molecule has 0 bridgehead atoms. The fraction of sp³-hybridized carbons (Fsp3) is 1.00. The summed E-state index contributed by atoms with van der Waals surface area (Å²) in [5, 5.41) is 0. The molecule has 0 aromatic heterocycles. The van der Waals surface area contributed by atoms with Crippen LogP contribution in [0.4, 0.5) is 0 Å². The van der Waals surface area contributed by atoms with E-state index in [4.69, 9.17) is 4.74 Å². The maximum Gasteiger partial charge on any atom is 0.0609 e. The maximum absolute atomic E-state index is 6.13. The molecule has 3 aliphatic rings. The molecular formula is C17H30O. The number of hydrogen-bond donors (Lipinski definition) is 0. The summed E-state index contributed by atoms with van der Waals surface area (Å²) in [6, 6.07) is 0. The third-order valence-electron chi connectivity index (χ3n) is 6.70. The second-order valence-corrected chi connectivity index (χ2v) is 8.04. The number of rotatable bonds is 1. The van der Waals surface area contributed by atoms with Gasteiger partial charge in [-0.3, -0.25) is 0 Å². The Morgan fingerprint density at radius 1 is 1.11 bits per heavy atom. The Balaban J connectivity index is 1.94. The lowest BCUT2D eigenvalue weighted by Gasteiger charge is -2.58. The first kappa shape index (κ1) is 13.0. The molecule has 0 spiro atoms. The predicted octanol–water partition coefficient (Wildman–Crippen LogP) is 4.65. The van der Waals surface area contributed by atoms with Crippen LogP contribution in [0.1, 0.15) is 66.2 Å². The summed E-state index contributed by atoms with van der Waals surface area (Å²) in [6.45, 7) is 11.0. The molecule has 1 saturated heterocycles. The molecule has 0 radical (unpaired) electrons. The molecule has 3 rings (SSSR count). The minimum absolute atomic E-state index is 0.552. The van der Waals surface area contributed by atoms with Crippen LogP contribution in [-0.2, 0) is 4.74 Å². The molecule has 104 valence electrons. The van der Waals surface area contributed by atoms with E-state index in [0.29, 0.717) is 16.9 Å². The Morgan fingerprint density at radius 2 is 1.89 bits per heavy atom. The van der Waals surface area contributed by atoms with Crippen LogP contribution in [0.5, 0.6) is 0 Å². The Bertz CT molecular complexity index is 316. The minimum atomic E-state index is 0.552. The van der Waals surface area contributed by atoms with E-state index >= 15 is 0 Å². The normalized spacial score (nSPS) is 50.7. The number of hydrogen-bond acceptors (Lipinski definition) is 1. The van der Waals surface area contributed by atoms with Crippen molar-refractivity contribution >= 4 is 0 Å². The van der Waals surface area contributed by atoms with Gasteiger partial charge in [0.25, 0.3) is 0 Å². The topological polar surface area (TPSA) is 9.23 Å². The van der Waals surface area contributed by atoms with Crippen molar-refractivity contribution in [2.45, 2.75) is 72.3 Å². The number of ether oxygens (including phenoxy) is 1. The summed E-state index contributed by atoms with van der Waals surface area (Å²) in [4.78, 5) is 0. The largest absolute Gasteiger partial charge is 0.378 e. The van der Waals surface area contributed by atoms with E-state index in [-0.39, 0.29) is 0 Å². The Morgan fingerprint density at radius 3 is 2.61 bits per heavy atom. The molecule has 1 heterocycles. The molecule has 3 fully saturated rings. The summed E-state index contributed by atoms with van der Waals surface area (Å²) in [6.07, 6.45) is 8.94. The Kier molecular flexibility index (Phi) is 3.05. The highest BCUT2D eigenvalue weighted by atomic mass is 16.5. The van der Waals surface area contributed by atoms with Gasteiger partial charge in [0.2, 0.25) is 0 Å². The smallest absolute Gasteiger partial charge is 0.0609 e. The predicted molar refractivity (Wildman–Crippen MR) is 75.5 cm³/mol. The molecule has 1 nitrogen and oxygen atoms in total. The zero-order chi connectivity index (χ0) is 13.0. The highest BCUT2D eigenvalue weighted by Gasteiger charge is 2.58. The van der Waals surface area contributed by atoms with E-state index in [9.17, 15) is 0 Å². The van der Waals surface area contributed by atoms with E-state index in [1.54, 1.807) is 0 Å². The van der Waals surface area contributed by atoms with Gasteiger partial charge in [-0.25, -0.2) is 0 Å². The van der Waals surface area contributed by atoms with Gasteiger partial charge in [0.05, 0.1) is 12.7 Å². The molecule has 0 N–H and O–H groups in total. The monoisotopic (exact) mass is 250 g/mol. The fourth-order valence-electron chi connectivity index (χ4n) is 6.02. The van der Waals surface area contributed by atoms with Crippen molar-refractivity contribution in [1.29, 1.82) is 0 Å². The van der Waals surface area contributed by atoms with Crippen molar-refractivity contribution in [3.05, 3.63) is 0 Å². The number of fused-ring (bicyclic) bond motifs is 3. The fourth-order valence-corrected chi connectivity index (χ4v) is 6.02. The molecule has 1 aliphatic heterocycles. The van der Waals surface area contributed by atoms with Crippen molar-refractivity contribution in [2.75, 3.05) is 6.61 Å². The highest BCUT2D eigenvalue weighted by molar-refractivity contribution is 5.06. The average molecular weight is 250 g/mol. The second kappa shape index (κ2) is 4.23. The summed E-state index contributed by atoms with van der Waals surface area (Å²) in [5.41, 5.74) is 1.11. The van der Waals surface area contributed by atoms with Gasteiger partial charge < -0.3 is 4.74 Å². The van der Waals surface area contributed by atoms with Gasteiger partial charge in [-0.15, -0.1) is 0 Å². The van der Waals surface area contributed by atoms with E-state index in [1.807, 2.05) is 0 Å². The van der Waals surface area contributed by atoms with Crippen molar-refractivity contribution in [2.24, 2.45) is 28.6 Å². The SMILES string of the molecule is CCC1OCC2CCC3C(C)(C)CCCC3(C)C21. The van der Waals surface area contributed by atoms with Crippen LogP contribution >= 0.6 is 0 Å². The summed E-state index contributed by atoms with van der Waals surface area (Å²) in [7, 11) is 0. The van der Waals surface area contributed by atoms with Gasteiger partial charge in [0.1, 0.15) is 0 Å². The summed E-state index contributed by atoms with van der Waals surface area (Å²) < 4.78 is 6.13. The van der Waals surface area contributed by atoms with Crippen molar-refractivity contribution in [3.8, 4) is 0 Å². The zero-order valence-electron chi connectivity index (χ0n) is 12.7. The first-order valence-corrected chi connectivity index (χ1v) is 8.10. The van der Waals surface area contributed by atoms with Crippen LogP contribution in [-0.4, -0.2) is 12.7 Å². The molecular weight excluding hydrogens is 220 g/mol. The lowest BCUT2D eigenvalue weighted by atomic mass is 9.46. The minimum Gasteiger partial charge on any atom is -0.378 e. The van der Waals surface area contributed by atoms with E-state index in [0.717, 1.165) is 24.4 Å². The average Bonchev–Trinajstić information content (AvgIpc) is 2.72. The molecule has 5 unspecified atom stereocenters. The van der Waals surface area contributed by atoms with Gasteiger partial charge in [-0.05, 0) is 60.7 Å². The van der Waals surface area contributed by atoms with Gasteiger partial charge in [0, 0.05) is 0 Å². The molecule has 1 heteroatoms. The van der Waals surface area contributed by atoms with Crippen LogP contribution in [0, 0.1) is 28.6 Å². The molecule has 5 atom stereocenters. The molecule has 0 amide bonds. The third-order valence-corrected chi connectivity index (χ3v) is 6.70. The van der Waals surface area contributed by atoms with Crippen molar-refractivity contribution in [1.82, 2.24) is 0 Å². The lowest BCUT2D eigenvalue weighted by molar-refractivity contribution is -0.0996. The standard InChI is InChI=1S/C17H30O/c1-5-13-15-12(11-18-13)7-8-14-16(2,3)9-6-10-17(14,15)4/h12-15H,5-11H2,1-4H3. The molecule has 2 saturated carbocycles. The van der Waals surface area contributed by atoms with Crippen molar-refractivity contribution in [3.63, 3.8) is 0 Å². The van der Waals surface area contributed by atoms with E-state index < -0.39 is 0 Å². The van der Waals surface area contributed by atoms with Gasteiger partial charge in [-0.1, -0.05) is 34.1 Å². The van der Waals surface area contributed by atoms with Crippen LogP contribution in [0.15, 0.2) is 0 Å². The maximum atomic E-state index is 6.13. The van der Waals surface area contributed by atoms with E-state index in [2.05, 4.69) is 27.7 Å². The lowest BCUT2D eigenvalue weighted by Crippen LogP contribution is -2.53.